The van der Waals surface area contributed by atoms with Crippen LogP contribution in [0, 0.1) is 20.8 Å². The molecular formula is C21H22N4O2. The summed E-state index contributed by atoms with van der Waals surface area (Å²) in [5, 5.41) is 9.93. The van der Waals surface area contributed by atoms with Crippen molar-refractivity contribution in [2.75, 3.05) is 10.6 Å². The molecule has 2 N–H and O–H groups in total. The van der Waals surface area contributed by atoms with Gasteiger partial charge in [-0.3, -0.25) is 14.3 Å². The average molecular weight is 362 g/mol. The summed E-state index contributed by atoms with van der Waals surface area (Å²) in [4.78, 5) is 24.9. The van der Waals surface area contributed by atoms with E-state index in [4.69, 9.17) is 0 Å². The smallest absolute Gasteiger partial charge is 0.273 e. The van der Waals surface area contributed by atoms with Crippen LogP contribution in [0.1, 0.15) is 27.3 Å². The molecule has 0 spiro atoms. The third-order valence-corrected chi connectivity index (χ3v) is 4.07. The molecule has 0 bridgehead atoms. The van der Waals surface area contributed by atoms with Gasteiger partial charge in [-0.25, -0.2) is 0 Å². The van der Waals surface area contributed by atoms with Gasteiger partial charge in [0.2, 0.25) is 5.91 Å². The highest BCUT2D eigenvalue weighted by molar-refractivity contribution is 6.03. The van der Waals surface area contributed by atoms with Crippen LogP contribution in [0.2, 0.25) is 0 Å². The minimum Gasteiger partial charge on any atom is -0.324 e. The molecule has 138 valence electrons. The largest absolute Gasteiger partial charge is 0.324 e. The molecule has 0 saturated carbocycles. The highest BCUT2D eigenvalue weighted by Crippen LogP contribution is 2.13. The van der Waals surface area contributed by atoms with Gasteiger partial charge < -0.3 is 10.6 Å². The molecule has 6 heteroatoms. The average Bonchev–Trinajstić information content (AvgIpc) is 2.99. The second kappa shape index (κ2) is 7.86. The van der Waals surface area contributed by atoms with Gasteiger partial charge in [0.1, 0.15) is 12.2 Å². The fraction of sp³-hybridized carbons (Fsp3) is 0.190. The van der Waals surface area contributed by atoms with Gasteiger partial charge in [0, 0.05) is 11.4 Å². The van der Waals surface area contributed by atoms with Crippen LogP contribution in [-0.2, 0) is 11.3 Å². The predicted octanol–water partition coefficient (Wildman–Crippen LogP) is 3.70. The van der Waals surface area contributed by atoms with Crippen LogP contribution >= 0.6 is 0 Å². The Kier molecular flexibility index (Phi) is 5.35. The van der Waals surface area contributed by atoms with Crippen LogP contribution in [0.5, 0.6) is 0 Å². The Morgan fingerprint density at radius 1 is 0.852 bits per heavy atom. The first-order valence-corrected chi connectivity index (χ1v) is 8.70. The molecule has 1 heterocycles. The first-order chi connectivity index (χ1) is 12.9. The van der Waals surface area contributed by atoms with Crippen LogP contribution in [0.25, 0.3) is 0 Å². The maximum absolute atomic E-state index is 12.6. The topological polar surface area (TPSA) is 76.0 Å². The number of amides is 2. The Bertz CT molecular complexity index is 957. The molecule has 0 radical (unpaired) electrons. The molecule has 2 amide bonds. The Balaban J connectivity index is 1.71. The summed E-state index contributed by atoms with van der Waals surface area (Å²) in [5.41, 5.74) is 4.65. The molecule has 0 unspecified atom stereocenters. The van der Waals surface area contributed by atoms with E-state index in [1.54, 1.807) is 13.0 Å². The third kappa shape index (κ3) is 4.82. The monoisotopic (exact) mass is 362 g/mol. The minimum atomic E-state index is -0.303. The number of aryl methyl sites for hydroxylation is 3. The number of carbonyl (C=O) groups excluding carboxylic acids is 2. The highest BCUT2D eigenvalue weighted by atomic mass is 16.2. The zero-order valence-electron chi connectivity index (χ0n) is 15.6. The molecule has 27 heavy (non-hydrogen) atoms. The quantitative estimate of drug-likeness (QED) is 0.727. The first-order valence-electron chi connectivity index (χ1n) is 8.70. The van der Waals surface area contributed by atoms with Crippen LogP contribution in [0.15, 0.2) is 54.6 Å². The van der Waals surface area contributed by atoms with Crippen molar-refractivity contribution >= 4 is 23.2 Å². The number of nitrogens with one attached hydrogen (secondary N) is 2. The van der Waals surface area contributed by atoms with E-state index in [0.29, 0.717) is 22.8 Å². The van der Waals surface area contributed by atoms with E-state index in [0.717, 1.165) is 11.1 Å². The molecular weight excluding hydrogens is 340 g/mol. The second-order valence-corrected chi connectivity index (χ2v) is 6.56. The lowest BCUT2D eigenvalue weighted by molar-refractivity contribution is -0.116. The lowest BCUT2D eigenvalue weighted by Gasteiger charge is -2.09. The van der Waals surface area contributed by atoms with Gasteiger partial charge in [-0.15, -0.1) is 0 Å². The summed E-state index contributed by atoms with van der Waals surface area (Å²) in [6.07, 6.45) is 0. The van der Waals surface area contributed by atoms with Gasteiger partial charge in [-0.1, -0.05) is 35.4 Å². The Hall–Kier alpha value is -3.41. The van der Waals surface area contributed by atoms with Crippen molar-refractivity contribution in [3.05, 3.63) is 77.1 Å². The molecule has 2 aromatic carbocycles. The molecule has 3 rings (SSSR count). The summed E-state index contributed by atoms with van der Waals surface area (Å²) in [6.45, 7) is 5.71. The zero-order chi connectivity index (χ0) is 19.4. The summed E-state index contributed by atoms with van der Waals surface area (Å²) in [5.74, 6) is -0.547. The van der Waals surface area contributed by atoms with Crippen LogP contribution in [0.3, 0.4) is 0 Å². The molecule has 0 fully saturated rings. The van der Waals surface area contributed by atoms with E-state index in [2.05, 4.69) is 15.7 Å². The summed E-state index contributed by atoms with van der Waals surface area (Å²) in [7, 11) is 0. The van der Waals surface area contributed by atoms with Crippen molar-refractivity contribution < 1.29 is 9.59 Å². The molecule has 0 aliphatic rings. The maximum Gasteiger partial charge on any atom is 0.273 e. The Morgan fingerprint density at radius 3 is 1.93 bits per heavy atom. The minimum absolute atomic E-state index is 0.0433. The normalized spacial score (nSPS) is 10.5. The zero-order valence-corrected chi connectivity index (χ0v) is 15.6. The van der Waals surface area contributed by atoms with E-state index in [-0.39, 0.29) is 18.4 Å². The number of hydrogen-bond acceptors (Lipinski definition) is 3. The fourth-order valence-electron chi connectivity index (χ4n) is 2.65. The predicted molar refractivity (Wildman–Crippen MR) is 106 cm³/mol. The summed E-state index contributed by atoms with van der Waals surface area (Å²) < 4.78 is 1.42. The first kappa shape index (κ1) is 18.4. The lowest BCUT2D eigenvalue weighted by Crippen LogP contribution is -2.24. The van der Waals surface area contributed by atoms with Crippen molar-refractivity contribution in [2.24, 2.45) is 0 Å². The molecule has 0 atom stereocenters. The third-order valence-electron chi connectivity index (χ3n) is 4.07. The Morgan fingerprint density at radius 2 is 1.37 bits per heavy atom. The van der Waals surface area contributed by atoms with Gasteiger partial charge in [0.05, 0.1) is 5.69 Å². The maximum atomic E-state index is 12.6. The number of benzene rings is 2. The van der Waals surface area contributed by atoms with Crippen LogP contribution in [0.4, 0.5) is 11.4 Å². The number of aromatic nitrogens is 2. The van der Waals surface area contributed by atoms with Gasteiger partial charge in [-0.05, 0) is 51.1 Å². The van der Waals surface area contributed by atoms with Crippen LogP contribution in [-0.4, -0.2) is 21.6 Å². The van der Waals surface area contributed by atoms with Crippen LogP contribution < -0.4 is 10.6 Å². The Labute approximate surface area is 158 Å². The number of anilines is 2. The fourth-order valence-corrected chi connectivity index (χ4v) is 2.65. The van der Waals surface area contributed by atoms with Crippen molar-refractivity contribution in [3.63, 3.8) is 0 Å². The second-order valence-electron chi connectivity index (χ2n) is 6.56. The number of nitrogens with zero attached hydrogens (tertiary/aromatic N) is 2. The molecule has 0 aliphatic heterocycles. The van der Waals surface area contributed by atoms with Gasteiger partial charge in [0.15, 0.2) is 0 Å². The van der Waals surface area contributed by atoms with Crippen molar-refractivity contribution in [3.8, 4) is 0 Å². The highest BCUT2D eigenvalue weighted by Gasteiger charge is 2.16. The van der Waals surface area contributed by atoms with Crippen molar-refractivity contribution in [1.82, 2.24) is 9.78 Å². The van der Waals surface area contributed by atoms with Gasteiger partial charge in [0.25, 0.3) is 5.91 Å². The van der Waals surface area contributed by atoms with E-state index in [9.17, 15) is 9.59 Å². The van der Waals surface area contributed by atoms with Crippen molar-refractivity contribution in [1.29, 1.82) is 0 Å². The summed E-state index contributed by atoms with van der Waals surface area (Å²) >= 11 is 0. The lowest BCUT2D eigenvalue weighted by atomic mass is 10.2. The number of hydrogen-bond donors (Lipinski definition) is 2. The van der Waals surface area contributed by atoms with Gasteiger partial charge >= 0.3 is 0 Å². The van der Waals surface area contributed by atoms with E-state index in [1.807, 2.05) is 62.4 Å². The standard InChI is InChI=1S/C21H22N4O2/c1-14-4-8-17(9-5-14)22-20(26)13-25-19(12-16(3)24-25)21(27)23-18-10-6-15(2)7-11-18/h4-12H,13H2,1-3H3,(H,22,26)(H,23,27). The van der Waals surface area contributed by atoms with E-state index in [1.165, 1.54) is 4.68 Å². The van der Waals surface area contributed by atoms with Crippen molar-refractivity contribution in [2.45, 2.75) is 27.3 Å². The molecule has 0 saturated heterocycles. The molecule has 3 aromatic rings. The van der Waals surface area contributed by atoms with Gasteiger partial charge in [-0.2, -0.15) is 5.10 Å². The van der Waals surface area contributed by atoms with E-state index >= 15 is 0 Å². The van der Waals surface area contributed by atoms with E-state index < -0.39 is 0 Å². The number of carbonyl (C=O) groups is 2. The molecule has 1 aromatic heterocycles. The summed E-state index contributed by atoms with van der Waals surface area (Å²) in [6, 6.07) is 16.7. The molecule has 6 nitrogen and oxygen atoms in total. The number of rotatable bonds is 5. The SMILES string of the molecule is Cc1ccc(NC(=O)Cn2nc(C)cc2C(=O)Nc2ccc(C)cc2)cc1. The molecule has 0 aliphatic carbocycles.